The zero-order chi connectivity index (χ0) is 14.6. The first-order valence-electron chi connectivity index (χ1n) is 6.40. The number of nitrogens with one attached hydrogen (secondary N) is 1. The van der Waals surface area contributed by atoms with Gasteiger partial charge in [0.15, 0.2) is 0 Å². The molecule has 0 spiro atoms. The van der Waals surface area contributed by atoms with Crippen molar-refractivity contribution in [3.8, 4) is 0 Å². The zero-order valence-corrected chi connectivity index (χ0v) is 11.7. The van der Waals surface area contributed by atoms with Crippen molar-refractivity contribution < 1.29 is 15.3 Å². The molecule has 0 radical (unpaired) electrons. The molecule has 1 aliphatic rings. The monoisotopic (exact) mass is 303 g/mol. The minimum atomic E-state index is -1.30. The summed E-state index contributed by atoms with van der Waals surface area (Å²) in [5.41, 5.74) is -1.30. The third-order valence-corrected chi connectivity index (χ3v) is 3.44. The van der Waals surface area contributed by atoms with Crippen LogP contribution in [0.5, 0.6) is 0 Å². The lowest BCUT2D eigenvalue weighted by molar-refractivity contribution is 0.0828. The summed E-state index contributed by atoms with van der Waals surface area (Å²) in [6.45, 7) is 0.295. The van der Waals surface area contributed by atoms with Crippen molar-refractivity contribution in [2.45, 2.75) is 18.4 Å². The molecule has 1 aromatic heterocycles. The van der Waals surface area contributed by atoms with Crippen molar-refractivity contribution in [2.75, 3.05) is 43.1 Å². The summed E-state index contributed by atoms with van der Waals surface area (Å²) >= 11 is 5.87. The van der Waals surface area contributed by atoms with Crippen LogP contribution in [0, 0.1) is 0 Å². The van der Waals surface area contributed by atoms with Gasteiger partial charge in [-0.05, 0) is 24.4 Å². The van der Waals surface area contributed by atoms with Crippen LogP contribution in [0.25, 0.3) is 0 Å². The van der Waals surface area contributed by atoms with Gasteiger partial charge in [0.25, 0.3) is 0 Å². The van der Waals surface area contributed by atoms with Gasteiger partial charge in [-0.2, -0.15) is 15.0 Å². The third kappa shape index (κ3) is 3.26. The van der Waals surface area contributed by atoms with E-state index in [1.165, 1.54) is 0 Å². The molecule has 20 heavy (non-hydrogen) atoms. The van der Waals surface area contributed by atoms with E-state index in [0.717, 1.165) is 25.9 Å². The summed E-state index contributed by atoms with van der Waals surface area (Å²) in [5.74, 6) is 0.566. The van der Waals surface area contributed by atoms with Gasteiger partial charge in [-0.3, -0.25) is 0 Å². The smallest absolute Gasteiger partial charge is 0.231 e. The molecule has 1 saturated heterocycles. The Bertz CT molecular complexity index is 443. The minimum absolute atomic E-state index is 0.0205. The maximum absolute atomic E-state index is 9.29. The van der Waals surface area contributed by atoms with Gasteiger partial charge < -0.3 is 25.5 Å². The summed E-state index contributed by atoms with van der Waals surface area (Å²) in [5, 5.41) is 30.6. The quantitative estimate of drug-likeness (QED) is 0.543. The highest BCUT2D eigenvalue weighted by molar-refractivity contribution is 6.28. The van der Waals surface area contributed by atoms with E-state index < -0.39 is 25.4 Å². The molecule has 0 amide bonds. The molecule has 0 bridgehead atoms. The largest absolute Gasteiger partial charge is 0.394 e. The molecule has 0 aromatic carbocycles. The molecule has 0 atom stereocenters. The van der Waals surface area contributed by atoms with E-state index in [2.05, 4.69) is 20.3 Å². The fraction of sp³-hybridized carbons (Fsp3) is 0.727. The lowest BCUT2D eigenvalue weighted by Crippen LogP contribution is -2.49. The van der Waals surface area contributed by atoms with Crippen molar-refractivity contribution in [3.05, 3.63) is 5.28 Å². The summed E-state index contributed by atoms with van der Waals surface area (Å²) < 4.78 is 0. The number of anilines is 2. The first kappa shape index (κ1) is 15.2. The number of rotatable bonds is 6. The molecule has 8 nitrogen and oxygen atoms in total. The second-order valence-electron chi connectivity index (χ2n) is 4.80. The van der Waals surface area contributed by atoms with Crippen LogP contribution in [0.3, 0.4) is 0 Å². The van der Waals surface area contributed by atoms with Crippen molar-refractivity contribution in [3.63, 3.8) is 0 Å². The van der Waals surface area contributed by atoms with E-state index in [1.54, 1.807) is 0 Å². The molecule has 9 heteroatoms. The SMILES string of the molecule is OCC(CO)(CO)Nc1nc(Cl)nc(N2CCCC2)n1. The van der Waals surface area contributed by atoms with Crippen molar-refractivity contribution in [1.29, 1.82) is 0 Å². The molecule has 2 rings (SSSR count). The maximum atomic E-state index is 9.29. The maximum Gasteiger partial charge on any atom is 0.231 e. The van der Waals surface area contributed by atoms with Gasteiger partial charge in [0.2, 0.25) is 17.2 Å². The molecular formula is C11H18ClN5O3. The third-order valence-electron chi connectivity index (χ3n) is 3.27. The van der Waals surface area contributed by atoms with E-state index in [-0.39, 0.29) is 11.2 Å². The lowest BCUT2D eigenvalue weighted by atomic mass is 10.0. The molecule has 112 valence electrons. The Balaban J connectivity index is 2.23. The Kier molecular flexibility index (Phi) is 4.92. The van der Waals surface area contributed by atoms with Gasteiger partial charge in [-0.15, -0.1) is 0 Å². The number of aliphatic hydroxyl groups excluding tert-OH is 3. The molecule has 0 saturated carbocycles. The standard InChI is InChI=1S/C11H18ClN5O3/c12-8-13-9(16-11(5-18,6-19)7-20)15-10(14-8)17-3-1-2-4-17/h18-20H,1-7H2,(H,13,14,15,16). The Morgan fingerprint density at radius 1 is 1.05 bits per heavy atom. The predicted octanol–water partition coefficient (Wildman–Crippen LogP) is -0.747. The van der Waals surface area contributed by atoms with Crippen LogP contribution < -0.4 is 10.2 Å². The number of aliphatic hydroxyl groups is 3. The van der Waals surface area contributed by atoms with Crippen molar-refractivity contribution in [2.24, 2.45) is 0 Å². The van der Waals surface area contributed by atoms with Crippen LogP contribution in [0.2, 0.25) is 5.28 Å². The van der Waals surface area contributed by atoms with Gasteiger partial charge in [0.1, 0.15) is 5.54 Å². The highest BCUT2D eigenvalue weighted by Crippen LogP contribution is 2.20. The number of nitrogens with zero attached hydrogens (tertiary/aromatic N) is 4. The fourth-order valence-corrected chi connectivity index (χ4v) is 2.12. The molecule has 0 unspecified atom stereocenters. The number of aromatic nitrogens is 3. The van der Waals surface area contributed by atoms with Crippen molar-refractivity contribution >= 4 is 23.5 Å². The molecule has 1 aliphatic heterocycles. The first-order chi connectivity index (χ1) is 9.62. The average Bonchev–Trinajstić information content (AvgIpc) is 2.98. The zero-order valence-electron chi connectivity index (χ0n) is 11.0. The first-order valence-corrected chi connectivity index (χ1v) is 6.77. The summed E-state index contributed by atoms with van der Waals surface area (Å²) in [6.07, 6.45) is 2.14. The predicted molar refractivity (Wildman–Crippen MR) is 73.9 cm³/mol. The minimum Gasteiger partial charge on any atom is -0.394 e. The van der Waals surface area contributed by atoms with Gasteiger partial charge in [0, 0.05) is 13.1 Å². The molecule has 1 fully saturated rings. The van der Waals surface area contributed by atoms with Crippen LogP contribution in [0.1, 0.15) is 12.8 Å². The second kappa shape index (κ2) is 6.49. The molecule has 2 heterocycles. The van der Waals surface area contributed by atoms with E-state index in [4.69, 9.17) is 11.6 Å². The van der Waals surface area contributed by atoms with Gasteiger partial charge in [-0.25, -0.2) is 0 Å². The Labute approximate surface area is 121 Å². The topological polar surface area (TPSA) is 115 Å². The fourth-order valence-electron chi connectivity index (χ4n) is 1.96. The highest BCUT2D eigenvalue weighted by Gasteiger charge is 2.29. The molecule has 4 N–H and O–H groups in total. The normalized spacial score (nSPS) is 15.7. The van der Waals surface area contributed by atoms with Crippen molar-refractivity contribution in [1.82, 2.24) is 15.0 Å². The Hall–Kier alpha value is -1.22. The van der Waals surface area contributed by atoms with Crippen LogP contribution in [-0.4, -0.2) is 68.7 Å². The van der Waals surface area contributed by atoms with Crippen LogP contribution >= 0.6 is 11.6 Å². The van der Waals surface area contributed by atoms with Crippen LogP contribution in [0.4, 0.5) is 11.9 Å². The number of hydrogen-bond donors (Lipinski definition) is 4. The molecule has 1 aromatic rings. The Morgan fingerprint density at radius 3 is 2.20 bits per heavy atom. The van der Waals surface area contributed by atoms with Crippen LogP contribution in [0.15, 0.2) is 0 Å². The number of hydrogen-bond acceptors (Lipinski definition) is 8. The van der Waals surface area contributed by atoms with Gasteiger partial charge >= 0.3 is 0 Å². The summed E-state index contributed by atoms with van der Waals surface area (Å²) in [7, 11) is 0. The molecule has 0 aliphatic carbocycles. The van der Waals surface area contributed by atoms with E-state index in [0.29, 0.717) is 5.95 Å². The van der Waals surface area contributed by atoms with Gasteiger partial charge in [0.05, 0.1) is 19.8 Å². The van der Waals surface area contributed by atoms with Crippen LogP contribution in [-0.2, 0) is 0 Å². The van der Waals surface area contributed by atoms with Gasteiger partial charge in [-0.1, -0.05) is 0 Å². The van der Waals surface area contributed by atoms with E-state index in [9.17, 15) is 15.3 Å². The number of halogens is 1. The lowest BCUT2D eigenvalue weighted by Gasteiger charge is -2.28. The highest BCUT2D eigenvalue weighted by atomic mass is 35.5. The summed E-state index contributed by atoms with van der Waals surface area (Å²) in [4.78, 5) is 14.2. The van der Waals surface area contributed by atoms with E-state index >= 15 is 0 Å². The van der Waals surface area contributed by atoms with E-state index in [1.807, 2.05) is 4.90 Å². The Morgan fingerprint density at radius 2 is 1.65 bits per heavy atom. The summed E-state index contributed by atoms with van der Waals surface area (Å²) in [6, 6.07) is 0. The average molecular weight is 304 g/mol. The molecular weight excluding hydrogens is 286 g/mol. The second-order valence-corrected chi connectivity index (χ2v) is 5.14.